The number of carbonyl (C=O) groups is 2. The molecule has 0 amide bonds. The molecule has 0 aliphatic rings. The van der Waals surface area contributed by atoms with Gasteiger partial charge in [-0.3, -0.25) is 9.59 Å². The summed E-state index contributed by atoms with van der Waals surface area (Å²) in [4.78, 5) is 25.1. The highest BCUT2D eigenvalue weighted by Gasteiger charge is 2.17. The quantitative estimate of drug-likeness (QED) is 0.0347. The van der Waals surface area contributed by atoms with Gasteiger partial charge < -0.3 is 14.2 Å². The molecule has 60 heavy (non-hydrogen) atoms. The maximum Gasteiger partial charge on any atom is 0.306 e. The first kappa shape index (κ1) is 57.1. The third-order valence-electron chi connectivity index (χ3n) is 10.4. The van der Waals surface area contributed by atoms with Crippen molar-refractivity contribution in [1.29, 1.82) is 0 Å². The van der Waals surface area contributed by atoms with E-state index in [1.807, 2.05) is 0 Å². The number of ether oxygens (including phenoxy) is 3. The molecule has 0 aromatic carbocycles. The molecule has 0 heterocycles. The van der Waals surface area contributed by atoms with Crippen molar-refractivity contribution in [1.82, 2.24) is 0 Å². The van der Waals surface area contributed by atoms with Crippen molar-refractivity contribution >= 4 is 11.9 Å². The van der Waals surface area contributed by atoms with Gasteiger partial charge >= 0.3 is 11.9 Å². The molecule has 0 aromatic heterocycles. The fraction of sp³-hybridized carbons (Fsp3) is 0.709. The highest BCUT2D eigenvalue weighted by molar-refractivity contribution is 5.70. The van der Waals surface area contributed by atoms with Crippen LogP contribution in [0.25, 0.3) is 0 Å². The molecule has 1 atom stereocenters. The Hall–Kier alpha value is -2.92. The first-order valence-corrected chi connectivity index (χ1v) is 25.1. The third kappa shape index (κ3) is 47.8. The Kier molecular flexibility index (Phi) is 48.0. The van der Waals surface area contributed by atoms with Crippen LogP contribution in [0.3, 0.4) is 0 Å². The van der Waals surface area contributed by atoms with Crippen LogP contribution in [0, 0.1) is 0 Å². The van der Waals surface area contributed by atoms with E-state index in [4.69, 9.17) is 14.2 Å². The second kappa shape index (κ2) is 50.4. The normalized spacial score (nSPS) is 12.9. The Labute approximate surface area is 371 Å². The van der Waals surface area contributed by atoms with Crippen molar-refractivity contribution in [3.63, 3.8) is 0 Å². The van der Waals surface area contributed by atoms with Crippen LogP contribution in [-0.2, 0) is 23.8 Å². The predicted octanol–water partition coefficient (Wildman–Crippen LogP) is 16.9. The Bertz CT molecular complexity index is 1130. The highest BCUT2D eigenvalue weighted by atomic mass is 16.6. The summed E-state index contributed by atoms with van der Waals surface area (Å²) in [5.41, 5.74) is 0. The lowest BCUT2D eigenvalue weighted by Gasteiger charge is -2.18. The lowest BCUT2D eigenvalue weighted by molar-refractivity contribution is -0.163. The van der Waals surface area contributed by atoms with Gasteiger partial charge in [0.1, 0.15) is 6.61 Å². The van der Waals surface area contributed by atoms with E-state index < -0.39 is 6.10 Å². The van der Waals surface area contributed by atoms with Crippen LogP contribution in [0.5, 0.6) is 0 Å². The Morgan fingerprint density at radius 3 is 1.23 bits per heavy atom. The largest absolute Gasteiger partial charge is 0.462 e. The van der Waals surface area contributed by atoms with E-state index >= 15 is 0 Å². The standard InChI is InChI=1S/C55H94O5/c1-4-7-10-13-15-17-19-21-23-25-27-29-31-33-35-37-39-41-44-47-50-58-51-53(60-55(57)49-46-42-12-9-6-3)52-59-54(56)48-45-43-40-38-36-34-32-30-28-26-24-22-20-18-16-14-11-8-5-2/h8,11,15-18,21-24,27-30,53H,4-7,9-10,12-14,19-20,25-26,31-52H2,1-3H3/b11-8-,17-15-,18-16-,23-21-,24-22-,29-27-,30-28-. The average Bonchev–Trinajstić information content (AvgIpc) is 3.25. The molecule has 0 bridgehead atoms. The Morgan fingerprint density at radius 1 is 0.383 bits per heavy atom. The third-order valence-corrected chi connectivity index (χ3v) is 10.4. The molecule has 344 valence electrons. The van der Waals surface area contributed by atoms with Crippen molar-refractivity contribution in [2.24, 2.45) is 0 Å². The highest BCUT2D eigenvalue weighted by Crippen LogP contribution is 2.13. The van der Waals surface area contributed by atoms with Gasteiger partial charge in [0.15, 0.2) is 6.10 Å². The van der Waals surface area contributed by atoms with Gasteiger partial charge in [0.05, 0.1) is 6.61 Å². The average molecular weight is 835 g/mol. The lowest BCUT2D eigenvalue weighted by atomic mass is 10.1. The Balaban J connectivity index is 4.08. The second-order valence-corrected chi connectivity index (χ2v) is 16.3. The number of allylic oxidation sites excluding steroid dienone is 14. The maximum absolute atomic E-state index is 12.6. The molecule has 0 saturated carbocycles. The van der Waals surface area contributed by atoms with Crippen molar-refractivity contribution in [3.8, 4) is 0 Å². The zero-order valence-corrected chi connectivity index (χ0v) is 39.5. The zero-order valence-electron chi connectivity index (χ0n) is 39.5. The molecule has 5 nitrogen and oxygen atoms in total. The predicted molar refractivity (Wildman–Crippen MR) is 260 cm³/mol. The van der Waals surface area contributed by atoms with Crippen LogP contribution in [0.2, 0.25) is 0 Å². The number of hydrogen-bond acceptors (Lipinski definition) is 5. The molecule has 0 rings (SSSR count). The monoisotopic (exact) mass is 835 g/mol. The van der Waals surface area contributed by atoms with Crippen LogP contribution in [-0.4, -0.2) is 37.9 Å². The SMILES string of the molecule is CC/C=C\C/C=C\C/C=C\C/C=C\CCCCCCCCC(=O)OCC(COCCCCCCCCC/C=C\C/C=C\C/C=C\CCCCC)OC(=O)CCCCCCC. The fourth-order valence-corrected chi connectivity index (χ4v) is 6.68. The van der Waals surface area contributed by atoms with E-state index in [0.717, 1.165) is 96.3 Å². The van der Waals surface area contributed by atoms with Crippen LogP contribution in [0.4, 0.5) is 0 Å². The topological polar surface area (TPSA) is 61.8 Å². The van der Waals surface area contributed by atoms with Gasteiger partial charge in [-0.2, -0.15) is 0 Å². The van der Waals surface area contributed by atoms with Crippen LogP contribution in [0.1, 0.15) is 226 Å². The first-order valence-electron chi connectivity index (χ1n) is 25.1. The minimum Gasteiger partial charge on any atom is -0.462 e. The zero-order chi connectivity index (χ0) is 43.5. The molecule has 0 aliphatic carbocycles. The van der Waals surface area contributed by atoms with E-state index in [1.165, 1.54) is 96.3 Å². The van der Waals surface area contributed by atoms with Gasteiger partial charge in [-0.25, -0.2) is 0 Å². The minimum absolute atomic E-state index is 0.0699. The molecule has 0 fully saturated rings. The van der Waals surface area contributed by atoms with E-state index in [1.54, 1.807) is 0 Å². The smallest absolute Gasteiger partial charge is 0.306 e. The molecule has 0 aliphatic heterocycles. The summed E-state index contributed by atoms with van der Waals surface area (Å²) >= 11 is 0. The van der Waals surface area contributed by atoms with Crippen LogP contribution in [0.15, 0.2) is 85.1 Å². The van der Waals surface area contributed by atoms with Gasteiger partial charge in [0.25, 0.3) is 0 Å². The molecule has 0 spiro atoms. The first-order chi connectivity index (χ1) is 29.6. The summed E-state index contributed by atoms with van der Waals surface area (Å²) in [7, 11) is 0. The fourth-order valence-electron chi connectivity index (χ4n) is 6.68. The van der Waals surface area contributed by atoms with Gasteiger partial charge in [0, 0.05) is 19.4 Å². The van der Waals surface area contributed by atoms with Crippen LogP contribution < -0.4 is 0 Å². The summed E-state index contributed by atoms with van der Waals surface area (Å²) in [5.74, 6) is -0.433. The molecule has 0 aromatic rings. The summed E-state index contributed by atoms with van der Waals surface area (Å²) < 4.78 is 17.2. The molecule has 0 saturated heterocycles. The summed E-state index contributed by atoms with van der Waals surface area (Å²) in [6.07, 6.45) is 66.2. The van der Waals surface area contributed by atoms with Crippen molar-refractivity contribution in [2.75, 3.05) is 19.8 Å². The molecule has 0 radical (unpaired) electrons. The maximum atomic E-state index is 12.6. The number of unbranched alkanes of at least 4 members (excludes halogenated alkanes) is 20. The number of carbonyl (C=O) groups excluding carboxylic acids is 2. The molecule has 0 N–H and O–H groups in total. The van der Waals surface area contributed by atoms with E-state index in [0.29, 0.717) is 19.4 Å². The van der Waals surface area contributed by atoms with Gasteiger partial charge in [-0.1, -0.05) is 202 Å². The summed E-state index contributed by atoms with van der Waals surface area (Å²) in [6, 6.07) is 0. The van der Waals surface area contributed by atoms with Gasteiger partial charge in [-0.15, -0.1) is 0 Å². The number of hydrogen-bond donors (Lipinski definition) is 0. The number of rotatable bonds is 45. The second-order valence-electron chi connectivity index (χ2n) is 16.3. The van der Waals surface area contributed by atoms with Gasteiger partial charge in [-0.05, 0) is 96.3 Å². The van der Waals surface area contributed by atoms with Crippen molar-refractivity contribution in [2.45, 2.75) is 232 Å². The van der Waals surface area contributed by atoms with Gasteiger partial charge in [0.2, 0.25) is 0 Å². The van der Waals surface area contributed by atoms with Crippen LogP contribution >= 0.6 is 0 Å². The summed E-state index contributed by atoms with van der Waals surface area (Å²) in [6.45, 7) is 7.58. The van der Waals surface area contributed by atoms with Crippen molar-refractivity contribution in [3.05, 3.63) is 85.1 Å². The summed E-state index contributed by atoms with van der Waals surface area (Å²) in [5, 5.41) is 0. The minimum atomic E-state index is -0.547. The molecular weight excluding hydrogens is 741 g/mol. The molecule has 1 unspecified atom stereocenters. The van der Waals surface area contributed by atoms with E-state index in [2.05, 4.69) is 106 Å². The molecular formula is C55H94O5. The Morgan fingerprint density at radius 2 is 0.750 bits per heavy atom. The van der Waals surface area contributed by atoms with E-state index in [-0.39, 0.29) is 25.2 Å². The van der Waals surface area contributed by atoms with Crippen molar-refractivity contribution < 1.29 is 23.8 Å². The molecule has 5 heteroatoms. The lowest BCUT2D eigenvalue weighted by Crippen LogP contribution is -2.30. The number of esters is 2. The van der Waals surface area contributed by atoms with E-state index in [9.17, 15) is 9.59 Å².